The highest BCUT2D eigenvalue weighted by Gasteiger charge is 2.28. The average molecular weight is 534 g/mol. The Hall–Kier alpha value is -4.36. The molecular formula is C33H35N5O2. The zero-order valence-corrected chi connectivity index (χ0v) is 22.9. The molecule has 7 nitrogen and oxygen atoms in total. The summed E-state index contributed by atoms with van der Waals surface area (Å²) in [4.78, 5) is 41.2. The van der Waals surface area contributed by atoms with E-state index in [2.05, 4.69) is 63.4 Å². The first-order valence-corrected chi connectivity index (χ1v) is 13.8. The largest absolute Gasteiger partial charge is 0.340 e. The number of carbonyl (C=O) groups is 2. The molecule has 0 bridgehead atoms. The lowest BCUT2D eigenvalue weighted by molar-refractivity contribution is -0.133. The fourth-order valence-electron chi connectivity index (χ4n) is 5.22. The van der Waals surface area contributed by atoms with E-state index in [1.165, 1.54) is 17.3 Å². The second-order valence-corrected chi connectivity index (χ2v) is 10.1. The second-order valence-electron chi connectivity index (χ2n) is 10.1. The summed E-state index contributed by atoms with van der Waals surface area (Å²) in [5.41, 5.74) is 4.55. The Kier molecular flexibility index (Phi) is 8.93. The summed E-state index contributed by atoms with van der Waals surface area (Å²) in [6.07, 6.45) is 3.36. The molecule has 2 heterocycles. The van der Waals surface area contributed by atoms with Gasteiger partial charge in [0, 0.05) is 51.9 Å². The van der Waals surface area contributed by atoms with Gasteiger partial charge in [-0.1, -0.05) is 91.0 Å². The van der Waals surface area contributed by atoms with Crippen molar-refractivity contribution in [2.75, 3.05) is 32.7 Å². The van der Waals surface area contributed by atoms with Crippen LogP contribution in [0.3, 0.4) is 0 Å². The van der Waals surface area contributed by atoms with Crippen LogP contribution in [0.1, 0.15) is 45.3 Å². The summed E-state index contributed by atoms with van der Waals surface area (Å²) in [6, 6.07) is 31.1. The normalized spacial score (nSPS) is 13.8. The van der Waals surface area contributed by atoms with E-state index in [9.17, 15) is 9.59 Å². The van der Waals surface area contributed by atoms with Crippen molar-refractivity contribution < 1.29 is 9.59 Å². The molecule has 0 spiro atoms. The van der Waals surface area contributed by atoms with Crippen molar-refractivity contribution in [3.05, 3.63) is 131 Å². The fourth-order valence-corrected chi connectivity index (χ4v) is 5.22. The van der Waals surface area contributed by atoms with E-state index in [4.69, 9.17) is 0 Å². The number of aromatic nitrogens is 2. The van der Waals surface area contributed by atoms with E-state index < -0.39 is 0 Å². The number of aryl methyl sites for hydroxylation is 1. The first-order valence-electron chi connectivity index (χ1n) is 13.8. The van der Waals surface area contributed by atoms with E-state index in [0.717, 1.165) is 24.3 Å². The van der Waals surface area contributed by atoms with E-state index in [1.807, 2.05) is 54.3 Å². The van der Waals surface area contributed by atoms with Crippen molar-refractivity contribution in [3.63, 3.8) is 0 Å². The number of hydrogen-bond acceptors (Lipinski definition) is 5. The molecule has 0 unspecified atom stereocenters. The Bertz CT molecular complexity index is 1330. The van der Waals surface area contributed by atoms with Crippen molar-refractivity contribution in [1.29, 1.82) is 0 Å². The first kappa shape index (κ1) is 27.2. The molecule has 3 aromatic carbocycles. The van der Waals surface area contributed by atoms with Crippen LogP contribution < -0.4 is 0 Å². The SMILES string of the molecule is Cc1cnc(C(=O)N(CCC(=O)N2CCN(C(c3ccccc3)c3ccccc3)CC2)Cc2ccccc2)cn1. The van der Waals surface area contributed by atoms with Gasteiger partial charge in [-0.2, -0.15) is 0 Å². The molecule has 0 N–H and O–H groups in total. The Balaban J connectivity index is 1.23. The van der Waals surface area contributed by atoms with Crippen molar-refractivity contribution in [2.45, 2.75) is 25.9 Å². The summed E-state index contributed by atoms with van der Waals surface area (Å²) in [5, 5.41) is 0. The molecule has 1 fully saturated rings. The Morgan fingerprint density at radius 1 is 0.775 bits per heavy atom. The molecule has 4 aromatic rings. The zero-order chi connectivity index (χ0) is 27.7. The van der Waals surface area contributed by atoms with Crippen LogP contribution in [0.2, 0.25) is 0 Å². The lowest BCUT2D eigenvalue weighted by atomic mass is 9.96. The van der Waals surface area contributed by atoms with Crippen LogP contribution in [0.5, 0.6) is 0 Å². The molecule has 0 saturated carbocycles. The molecule has 204 valence electrons. The van der Waals surface area contributed by atoms with Crippen LogP contribution >= 0.6 is 0 Å². The average Bonchev–Trinajstić information content (AvgIpc) is 3.01. The van der Waals surface area contributed by atoms with Crippen LogP contribution in [-0.2, 0) is 11.3 Å². The molecule has 1 aliphatic heterocycles. The van der Waals surface area contributed by atoms with Crippen molar-refractivity contribution in [3.8, 4) is 0 Å². The van der Waals surface area contributed by atoms with Crippen LogP contribution in [0, 0.1) is 6.92 Å². The summed E-state index contributed by atoms with van der Waals surface area (Å²) >= 11 is 0. The maximum absolute atomic E-state index is 13.3. The van der Waals surface area contributed by atoms with Gasteiger partial charge >= 0.3 is 0 Å². The minimum Gasteiger partial charge on any atom is -0.340 e. The van der Waals surface area contributed by atoms with Gasteiger partial charge in [0.2, 0.25) is 5.91 Å². The van der Waals surface area contributed by atoms with Crippen LogP contribution in [0.4, 0.5) is 0 Å². The molecule has 1 aromatic heterocycles. The van der Waals surface area contributed by atoms with E-state index in [-0.39, 0.29) is 30.0 Å². The third kappa shape index (κ3) is 6.79. The van der Waals surface area contributed by atoms with Crippen molar-refractivity contribution in [1.82, 2.24) is 24.7 Å². The highest BCUT2D eigenvalue weighted by atomic mass is 16.2. The summed E-state index contributed by atoms with van der Waals surface area (Å²) in [7, 11) is 0. The monoisotopic (exact) mass is 533 g/mol. The molecule has 1 saturated heterocycles. The molecule has 40 heavy (non-hydrogen) atoms. The van der Waals surface area contributed by atoms with Crippen LogP contribution in [0.15, 0.2) is 103 Å². The minimum atomic E-state index is -0.220. The standard InChI is InChI=1S/C33H35N5O2/c1-26-23-35-30(24-34-26)33(40)38(25-27-11-5-2-6-12-27)18-17-31(39)36-19-21-37(22-20-36)32(28-13-7-3-8-14-28)29-15-9-4-10-16-29/h2-16,23-24,32H,17-22,25H2,1H3. The van der Waals surface area contributed by atoms with Crippen LogP contribution in [0.25, 0.3) is 0 Å². The zero-order valence-electron chi connectivity index (χ0n) is 22.9. The first-order chi connectivity index (χ1) is 19.6. The van der Waals surface area contributed by atoms with Gasteiger partial charge in [-0.05, 0) is 23.6 Å². The molecule has 7 heteroatoms. The van der Waals surface area contributed by atoms with Gasteiger partial charge < -0.3 is 9.80 Å². The number of nitrogens with zero attached hydrogens (tertiary/aromatic N) is 5. The summed E-state index contributed by atoms with van der Waals surface area (Å²) < 4.78 is 0. The fraction of sp³-hybridized carbons (Fsp3) is 0.273. The van der Waals surface area contributed by atoms with E-state index >= 15 is 0 Å². The molecule has 0 aliphatic carbocycles. The third-order valence-corrected chi connectivity index (χ3v) is 7.36. The third-order valence-electron chi connectivity index (χ3n) is 7.36. The number of rotatable bonds is 9. The number of carbonyl (C=O) groups excluding carboxylic acids is 2. The smallest absolute Gasteiger partial charge is 0.274 e. The van der Waals surface area contributed by atoms with Gasteiger partial charge in [-0.15, -0.1) is 0 Å². The quantitative estimate of drug-likeness (QED) is 0.311. The minimum absolute atomic E-state index is 0.0662. The number of benzene rings is 3. The van der Waals surface area contributed by atoms with E-state index in [1.54, 1.807) is 11.1 Å². The topological polar surface area (TPSA) is 69.6 Å². The highest BCUT2D eigenvalue weighted by Crippen LogP contribution is 2.29. The Morgan fingerprint density at radius 2 is 1.35 bits per heavy atom. The molecule has 1 aliphatic rings. The van der Waals surface area contributed by atoms with Gasteiger partial charge in [0.1, 0.15) is 5.69 Å². The Labute approximate surface area is 236 Å². The molecule has 0 atom stereocenters. The predicted octanol–water partition coefficient (Wildman–Crippen LogP) is 4.75. The van der Waals surface area contributed by atoms with Gasteiger partial charge in [-0.25, -0.2) is 4.98 Å². The number of hydrogen-bond donors (Lipinski definition) is 0. The van der Waals surface area contributed by atoms with Crippen molar-refractivity contribution >= 4 is 11.8 Å². The molecule has 0 radical (unpaired) electrons. The Morgan fingerprint density at radius 3 is 1.90 bits per heavy atom. The highest BCUT2D eigenvalue weighted by molar-refractivity contribution is 5.92. The summed E-state index contributed by atoms with van der Waals surface area (Å²) in [6.45, 7) is 5.45. The lowest BCUT2D eigenvalue weighted by Gasteiger charge is -2.40. The molecular weight excluding hydrogens is 498 g/mol. The van der Waals surface area contributed by atoms with Gasteiger partial charge in [-0.3, -0.25) is 19.5 Å². The van der Waals surface area contributed by atoms with Gasteiger partial charge in [0.25, 0.3) is 5.91 Å². The van der Waals surface area contributed by atoms with Gasteiger partial charge in [0.15, 0.2) is 0 Å². The number of piperazine rings is 1. The van der Waals surface area contributed by atoms with Gasteiger partial charge in [0.05, 0.1) is 17.9 Å². The predicted molar refractivity (Wildman–Crippen MR) is 155 cm³/mol. The van der Waals surface area contributed by atoms with Crippen LogP contribution in [-0.4, -0.2) is 69.2 Å². The molecule has 2 amide bonds. The number of amides is 2. The maximum Gasteiger partial charge on any atom is 0.274 e. The second kappa shape index (κ2) is 13.1. The maximum atomic E-state index is 13.3. The summed E-state index contributed by atoms with van der Waals surface area (Å²) in [5.74, 6) is -0.154. The van der Waals surface area contributed by atoms with E-state index in [0.29, 0.717) is 26.2 Å². The lowest BCUT2D eigenvalue weighted by Crippen LogP contribution is -2.50. The van der Waals surface area contributed by atoms with Crippen molar-refractivity contribution in [2.24, 2.45) is 0 Å². The molecule has 5 rings (SSSR count).